The lowest BCUT2D eigenvalue weighted by molar-refractivity contribution is 0.254. The quantitative estimate of drug-likeness (QED) is 0.787. The summed E-state index contributed by atoms with van der Waals surface area (Å²) >= 11 is 0. The van der Waals surface area contributed by atoms with E-state index in [1.165, 1.54) is 24.3 Å². The molecule has 1 aliphatic rings. The van der Waals surface area contributed by atoms with Crippen LogP contribution in [-0.4, -0.2) is 6.03 Å². The fourth-order valence-electron chi connectivity index (χ4n) is 1.38. The van der Waals surface area contributed by atoms with Crippen molar-refractivity contribution < 1.29 is 9.18 Å². The highest BCUT2D eigenvalue weighted by Gasteiger charge is 2.04. The molecule has 0 saturated carbocycles. The van der Waals surface area contributed by atoms with E-state index in [2.05, 4.69) is 10.6 Å². The highest BCUT2D eigenvalue weighted by molar-refractivity contribution is 5.90. The van der Waals surface area contributed by atoms with Crippen LogP contribution in [0.5, 0.6) is 0 Å². The third-order valence-corrected chi connectivity index (χ3v) is 2.13. The van der Waals surface area contributed by atoms with Gasteiger partial charge >= 0.3 is 6.03 Å². The van der Waals surface area contributed by atoms with Crippen molar-refractivity contribution >= 4 is 11.7 Å². The van der Waals surface area contributed by atoms with Gasteiger partial charge in [0.1, 0.15) is 5.82 Å². The Balaban J connectivity index is 1.92. The Morgan fingerprint density at radius 1 is 1.19 bits per heavy atom. The molecular formula is C12H11FN2O. The number of carbonyl (C=O) groups is 1. The zero-order chi connectivity index (χ0) is 11.4. The number of rotatable bonds is 2. The van der Waals surface area contributed by atoms with Gasteiger partial charge in [-0.2, -0.15) is 0 Å². The van der Waals surface area contributed by atoms with E-state index in [1.54, 1.807) is 0 Å². The zero-order valence-electron chi connectivity index (χ0n) is 8.53. The Hall–Kier alpha value is -2.10. The van der Waals surface area contributed by atoms with Crippen molar-refractivity contribution in [3.05, 3.63) is 54.0 Å². The van der Waals surface area contributed by atoms with Gasteiger partial charge in [0, 0.05) is 11.4 Å². The van der Waals surface area contributed by atoms with E-state index in [9.17, 15) is 9.18 Å². The van der Waals surface area contributed by atoms with Crippen LogP contribution in [0.2, 0.25) is 0 Å². The molecule has 0 bridgehead atoms. The van der Waals surface area contributed by atoms with Gasteiger partial charge in [-0.05, 0) is 36.8 Å². The number of hydrogen-bond acceptors (Lipinski definition) is 1. The molecule has 0 radical (unpaired) electrons. The van der Waals surface area contributed by atoms with Crippen molar-refractivity contribution in [1.29, 1.82) is 0 Å². The molecule has 0 heterocycles. The number of urea groups is 1. The van der Waals surface area contributed by atoms with Gasteiger partial charge in [-0.15, -0.1) is 0 Å². The molecular weight excluding hydrogens is 207 g/mol. The van der Waals surface area contributed by atoms with E-state index in [1.807, 2.05) is 18.2 Å². The minimum absolute atomic E-state index is 0.326. The van der Waals surface area contributed by atoms with Crippen molar-refractivity contribution in [2.75, 3.05) is 5.32 Å². The second-order valence-electron chi connectivity index (χ2n) is 3.38. The van der Waals surface area contributed by atoms with Crippen LogP contribution >= 0.6 is 0 Å². The van der Waals surface area contributed by atoms with Crippen LogP contribution in [0.1, 0.15) is 6.42 Å². The molecule has 0 spiro atoms. The summed E-state index contributed by atoms with van der Waals surface area (Å²) in [7, 11) is 0. The third kappa shape index (κ3) is 2.70. The summed E-state index contributed by atoms with van der Waals surface area (Å²) in [5.41, 5.74) is 1.33. The number of amides is 2. The van der Waals surface area contributed by atoms with Gasteiger partial charge in [-0.25, -0.2) is 9.18 Å². The Kier molecular flexibility index (Phi) is 3.00. The summed E-state index contributed by atoms with van der Waals surface area (Å²) < 4.78 is 12.6. The number of nitrogens with one attached hydrogen (secondary N) is 2. The number of hydrogen-bond donors (Lipinski definition) is 2. The SMILES string of the molecule is O=C(NC1=CCC=C1)Nc1ccc(F)cc1. The molecule has 0 atom stereocenters. The summed E-state index contributed by atoms with van der Waals surface area (Å²) in [6.07, 6.45) is 6.54. The first kappa shape index (κ1) is 10.4. The second-order valence-corrected chi connectivity index (χ2v) is 3.38. The Morgan fingerprint density at radius 3 is 2.56 bits per heavy atom. The normalized spacial score (nSPS) is 13.4. The molecule has 16 heavy (non-hydrogen) atoms. The topological polar surface area (TPSA) is 41.1 Å². The Morgan fingerprint density at radius 2 is 1.94 bits per heavy atom. The van der Waals surface area contributed by atoms with Crippen molar-refractivity contribution in [1.82, 2.24) is 5.32 Å². The first-order chi connectivity index (χ1) is 7.74. The molecule has 0 saturated heterocycles. The molecule has 3 nitrogen and oxygen atoms in total. The Labute approximate surface area is 92.7 Å². The summed E-state index contributed by atoms with van der Waals surface area (Å²) in [5.74, 6) is -0.326. The molecule has 2 amide bonds. The molecule has 1 aromatic carbocycles. The first-order valence-electron chi connectivity index (χ1n) is 4.94. The summed E-state index contributed by atoms with van der Waals surface area (Å²) in [4.78, 5) is 11.5. The van der Waals surface area contributed by atoms with Crippen LogP contribution < -0.4 is 10.6 Å². The van der Waals surface area contributed by atoms with Gasteiger partial charge in [-0.1, -0.05) is 12.2 Å². The number of carbonyl (C=O) groups excluding carboxylic acids is 1. The summed E-state index contributed by atoms with van der Waals surface area (Å²) in [5, 5.41) is 5.28. The van der Waals surface area contributed by atoms with E-state index in [4.69, 9.17) is 0 Å². The lowest BCUT2D eigenvalue weighted by Gasteiger charge is -2.06. The molecule has 1 aliphatic carbocycles. The minimum Gasteiger partial charge on any atom is -0.308 e. The van der Waals surface area contributed by atoms with Crippen LogP contribution in [0.15, 0.2) is 48.2 Å². The molecule has 0 aliphatic heterocycles. The fraction of sp³-hybridized carbons (Fsp3) is 0.0833. The molecule has 1 aromatic rings. The van der Waals surface area contributed by atoms with E-state index < -0.39 is 0 Å². The predicted molar refractivity (Wildman–Crippen MR) is 60.4 cm³/mol. The second kappa shape index (κ2) is 4.61. The molecule has 2 N–H and O–H groups in total. The smallest absolute Gasteiger partial charge is 0.308 e. The van der Waals surface area contributed by atoms with Crippen molar-refractivity contribution in [3.63, 3.8) is 0 Å². The van der Waals surface area contributed by atoms with Crippen LogP contribution in [0.25, 0.3) is 0 Å². The molecule has 0 unspecified atom stereocenters. The van der Waals surface area contributed by atoms with Gasteiger partial charge in [0.05, 0.1) is 0 Å². The van der Waals surface area contributed by atoms with Crippen LogP contribution in [0.4, 0.5) is 14.9 Å². The summed E-state index contributed by atoms with van der Waals surface area (Å²) in [6, 6.07) is 5.28. The Bertz CT molecular complexity index is 449. The third-order valence-electron chi connectivity index (χ3n) is 2.13. The van der Waals surface area contributed by atoms with Crippen molar-refractivity contribution in [2.24, 2.45) is 0 Å². The molecule has 4 heteroatoms. The van der Waals surface area contributed by atoms with E-state index in [-0.39, 0.29) is 11.8 Å². The fourth-order valence-corrected chi connectivity index (χ4v) is 1.38. The van der Waals surface area contributed by atoms with Gasteiger partial charge < -0.3 is 10.6 Å². The van der Waals surface area contributed by atoms with Crippen molar-refractivity contribution in [3.8, 4) is 0 Å². The van der Waals surface area contributed by atoms with Crippen molar-refractivity contribution in [2.45, 2.75) is 6.42 Å². The monoisotopic (exact) mass is 218 g/mol. The lowest BCUT2D eigenvalue weighted by atomic mass is 10.3. The van der Waals surface area contributed by atoms with E-state index in [0.29, 0.717) is 5.69 Å². The average Bonchev–Trinajstić information content (AvgIpc) is 2.74. The highest BCUT2D eigenvalue weighted by Crippen LogP contribution is 2.09. The number of allylic oxidation sites excluding steroid dienone is 3. The first-order valence-corrected chi connectivity index (χ1v) is 4.94. The maximum Gasteiger partial charge on any atom is 0.323 e. The minimum atomic E-state index is -0.329. The molecule has 0 aromatic heterocycles. The standard InChI is InChI=1S/C12H11FN2O/c13-9-5-7-11(8-6-9)15-12(16)14-10-3-1-2-4-10/h1,3-8H,2H2,(H2,14,15,16). The average molecular weight is 218 g/mol. The molecule has 0 fully saturated rings. The largest absolute Gasteiger partial charge is 0.323 e. The van der Waals surface area contributed by atoms with Crippen LogP contribution in [0, 0.1) is 5.82 Å². The predicted octanol–water partition coefficient (Wildman–Crippen LogP) is 2.79. The van der Waals surface area contributed by atoms with Crippen LogP contribution in [-0.2, 0) is 0 Å². The lowest BCUT2D eigenvalue weighted by Crippen LogP contribution is -2.27. The maximum absolute atomic E-state index is 12.6. The highest BCUT2D eigenvalue weighted by atomic mass is 19.1. The molecule has 82 valence electrons. The van der Waals surface area contributed by atoms with E-state index >= 15 is 0 Å². The molecule has 2 rings (SSSR count). The summed E-state index contributed by atoms with van der Waals surface area (Å²) in [6.45, 7) is 0. The van der Waals surface area contributed by atoms with Gasteiger partial charge in [0.2, 0.25) is 0 Å². The maximum atomic E-state index is 12.6. The van der Waals surface area contributed by atoms with Crippen LogP contribution in [0.3, 0.4) is 0 Å². The zero-order valence-corrected chi connectivity index (χ0v) is 8.53. The number of halogens is 1. The van der Waals surface area contributed by atoms with Gasteiger partial charge in [-0.3, -0.25) is 0 Å². The van der Waals surface area contributed by atoms with Gasteiger partial charge in [0.15, 0.2) is 0 Å². The number of anilines is 1. The van der Waals surface area contributed by atoms with Gasteiger partial charge in [0.25, 0.3) is 0 Å². The number of benzene rings is 1. The van der Waals surface area contributed by atoms with E-state index in [0.717, 1.165) is 12.1 Å².